The number of benzene rings is 2. The lowest BCUT2D eigenvalue weighted by atomic mass is 9.47. The van der Waals surface area contributed by atoms with Gasteiger partial charge >= 0.3 is 21.4 Å². The van der Waals surface area contributed by atoms with E-state index in [2.05, 4.69) is 138 Å². The van der Waals surface area contributed by atoms with Gasteiger partial charge < -0.3 is 27.9 Å². The summed E-state index contributed by atoms with van der Waals surface area (Å²) in [6, 6.07) is 21.1. The SMILES string of the molecule is CC1(C)OB(C2=C(c3ccccc3)C[C@H](B3OC(C)(C)C(C)(C)O3)C(B3OC(C)(C)C(C)(C)O3)=C2c2ccccc2)OC1(C)C. The predicted octanol–water partition coefficient (Wildman–Crippen LogP) is 8.02. The molecule has 3 heterocycles. The second kappa shape index (κ2) is 10.7. The fraction of sp³-hybridized carbons (Fsp3) is 0.556. The van der Waals surface area contributed by atoms with Gasteiger partial charge in [0, 0.05) is 5.82 Å². The van der Waals surface area contributed by atoms with Crippen LogP contribution >= 0.6 is 0 Å². The molecule has 4 aliphatic rings. The van der Waals surface area contributed by atoms with E-state index in [0.29, 0.717) is 6.42 Å². The maximum atomic E-state index is 6.89. The smallest absolute Gasteiger partial charge is 0.403 e. The van der Waals surface area contributed by atoms with Crippen molar-refractivity contribution in [1.82, 2.24) is 0 Å². The van der Waals surface area contributed by atoms with E-state index in [1.807, 2.05) is 6.07 Å². The Morgan fingerprint density at radius 2 is 0.867 bits per heavy atom. The van der Waals surface area contributed by atoms with E-state index in [-0.39, 0.29) is 5.82 Å². The van der Waals surface area contributed by atoms with Gasteiger partial charge in [-0.25, -0.2) is 0 Å². The van der Waals surface area contributed by atoms with E-state index in [4.69, 9.17) is 27.9 Å². The van der Waals surface area contributed by atoms with Crippen LogP contribution in [-0.2, 0) is 27.9 Å². The van der Waals surface area contributed by atoms with E-state index in [1.54, 1.807) is 0 Å². The molecule has 45 heavy (non-hydrogen) atoms. The zero-order valence-corrected chi connectivity index (χ0v) is 29.2. The number of allylic oxidation sites excluding steroid dienone is 4. The zero-order valence-electron chi connectivity index (χ0n) is 29.2. The molecule has 3 aliphatic heterocycles. The van der Waals surface area contributed by atoms with E-state index < -0.39 is 55.0 Å². The van der Waals surface area contributed by atoms with Crippen LogP contribution in [0.3, 0.4) is 0 Å². The molecule has 0 saturated carbocycles. The van der Waals surface area contributed by atoms with Crippen LogP contribution in [0.1, 0.15) is 101 Å². The Labute approximate surface area is 271 Å². The molecule has 3 fully saturated rings. The summed E-state index contributed by atoms with van der Waals surface area (Å²) in [6.45, 7) is 25.2. The molecule has 2 aromatic rings. The highest BCUT2D eigenvalue weighted by molar-refractivity contribution is 6.67. The van der Waals surface area contributed by atoms with Gasteiger partial charge in [-0.05, 0) is 123 Å². The van der Waals surface area contributed by atoms with E-state index in [1.165, 1.54) is 0 Å². The Bertz CT molecular complexity index is 1460. The molecule has 0 aromatic heterocycles. The molecule has 238 valence electrons. The molecule has 0 bridgehead atoms. The van der Waals surface area contributed by atoms with E-state index in [0.717, 1.165) is 33.2 Å². The van der Waals surface area contributed by atoms with Crippen LogP contribution < -0.4 is 0 Å². The van der Waals surface area contributed by atoms with Gasteiger partial charge in [0.25, 0.3) is 0 Å². The van der Waals surface area contributed by atoms with Crippen LogP contribution in [0, 0.1) is 0 Å². The van der Waals surface area contributed by atoms with Gasteiger partial charge in [0.05, 0.1) is 33.6 Å². The third kappa shape index (κ3) is 5.42. The second-order valence-corrected chi connectivity index (χ2v) is 16.1. The standard InChI is InChI=1S/C36H49B3O6/c1-31(2)32(3,4)41-37(40-31)27-23-26(24-19-15-13-16-20-24)29(38-42-33(5,6)34(7,8)43-38)28(25-21-17-14-18-22-25)30(27)39-44-35(9,10)36(11,12)45-39/h13-22,27H,23H2,1-12H3/t27-/m0/s1. The summed E-state index contributed by atoms with van der Waals surface area (Å²) in [5.41, 5.74) is 3.18. The van der Waals surface area contributed by atoms with Crippen molar-refractivity contribution in [1.29, 1.82) is 0 Å². The van der Waals surface area contributed by atoms with Crippen molar-refractivity contribution in [3.8, 4) is 0 Å². The van der Waals surface area contributed by atoms with Gasteiger partial charge in [-0.3, -0.25) is 0 Å². The molecule has 0 radical (unpaired) electrons. The van der Waals surface area contributed by atoms with Crippen molar-refractivity contribution in [2.45, 2.75) is 129 Å². The minimum atomic E-state index is -0.635. The average Bonchev–Trinajstić information content (AvgIpc) is 3.41. The molecule has 6 nitrogen and oxygen atoms in total. The van der Waals surface area contributed by atoms with Crippen LogP contribution in [0.2, 0.25) is 5.82 Å². The first kappa shape index (κ1) is 32.8. The third-order valence-corrected chi connectivity index (χ3v) is 11.5. The summed E-state index contributed by atoms with van der Waals surface area (Å²) in [6.07, 6.45) is 0.635. The summed E-state index contributed by atoms with van der Waals surface area (Å²) in [5, 5.41) is 0. The van der Waals surface area contributed by atoms with Crippen molar-refractivity contribution < 1.29 is 27.9 Å². The number of hydrogen-bond acceptors (Lipinski definition) is 6. The van der Waals surface area contributed by atoms with Crippen molar-refractivity contribution in [3.05, 3.63) is 82.7 Å². The number of rotatable bonds is 5. The second-order valence-electron chi connectivity index (χ2n) is 16.1. The van der Waals surface area contributed by atoms with Gasteiger partial charge in [-0.2, -0.15) is 0 Å². The Morgan fingerprint density at radius 3 is 1.31 bits per heavy atom. The third-order valence-electron chi connectivity index (χ3n) is 11.5. The van der Waals surface area contributed by atoms with Crippen molar-refractivity contribution in [2.24, 2.45) is 0 Å². The van der Waals surface area contributed by atoms with Gasteiger partial charge in [-0.15, -0.1) is 0 Å². The molecule has 0 spiro atoms. The topological polar surface area (TPSA) is 55.4 Å². The summed E-state index contributed by atoms with van der Waals surface area (Å²) in [7, 11) is -1.78. The average molecular weight is 610 g/mol. The molecule has 0 amide bonds. The van der Waals surface area contributed by atoms with Crippen LogP contribution in [0.25, 0.3) is 11.1 Å². The van der Waals surface area contributed by atoms with Crippen LogP contribution in [0.4, 0.5) is 0 Å². The molecule has 6 rings (SSSR count). The highest BCUT2D eigenvalue weighted by Crippen LogP contribution is 2.56. The fourth-order valence-corrected chi connectivity index (χ4v) is 6.55. The maximum absolute atomic E-state index is 6.89. The monoisotopic (exact) mass is 610 g/mol. The minimum Gasteiger partial charge on any atom is -0.403 e. The van der Waals surface area contributed by atoms with Crippen LogP contribution in [-0.4, -0.2) is 55.0 Å². The van der Waals surface area contributed by atoms with Gasteiger partial charge in [0.15, 0.2) is 0 Å². The lowest BCUT2D eigenvalue weighted by molar-refractivity contribution is 0.00578. The largest absolute Gasteiger partial charge is 0.495 e. The molecular weight excluding hydrogens is 561 g/mol. The Hall–Kier alpha value is -2.13. The summed E-state index contributed by atoms with van der Waals surface area (Å²) < 4.78 is 41.2. The van der Waals surface area contributed by atoms with Gasteiger partial charge in [0.1, 0.15) is 0 Å². The van der Waals surface area contributed by atoms with Crippen LogP contribution in [0.5, 0.6) is 0 Å². The Morgan fingerprint density at radius 1 is 0.489 bits per heavy atom. The lowest BCUT2D eigenvalue weighted by Gasteiger charge is -2.36. The normalized spacial score (nSPS) is 27.9. The molecule has 2 aromatic carbocycles. The van der Waals surface area contributed by atoms with Crippen LogP contribution in [0.15, 0.2) is 71.6 Å². The Balaban J connectivity index is 1.66. The summed E-state index contributed by atoms with van der Waals surface area (Å²) in [4.78, 5) is 0. The highest BCUT2D eigenvalue weighted by atomic mass is 16.7. The zero-order chi connectivity index (χ0) is 32.8. The van der Waals surface area contributed by atoms with Crippen molar-refractivity contribution in [2.75, 3.05) is 0 Å². The molecule has 0 N–H and O–H groups in total. The Kier molecular flexibility index (Phi) is 7.80. The maximum Gasteiger partial charge on any atom is 0.495 e. The molecule has 1 aliphatic carbocycles. The molecule has 9 heteroatoms. The van der Waals surface area contributed by atoms with Crippen molar-refractivity contribution >= 4 is 32.5 Å². The molecular formula is C36H49B3O6. The lowest BCUT2D eigenvalue weighted by Crippen LogP contribution is -2.41. The summed E-state index contributed by atoms with van der Waals surface area (Å²) in [5.74, 6) is -0.211. The first-order valence-electron chi connectivity index (χ1n) is 16.4. The van der Waals surface area contributed by atoms with Crippen molar-refractivity contribution in [3.63, 3.8) is 0 Å². The fourth-order valence-electron chi connectivity index (χ4n) is 6.55. The van der Waals surface area contributed by atoms with Gasteiger partial charge in [-0.1, -0.05) is 60.7 Å². The quantitative estimate of drug-likeness (QED) is 0.320. The predicted molar refractivity (Wildman–Crippen MR) is 183 cm³/mol. The number of hydrogen-bond donors (Lipinski definition) is 0. The molecule has 3 saturated heterocycles. The first-order chi connectivity index (χ1) is 20.8. The van der Waals surface area contributed by atoms with E-state index in [9.17, 15) is 0 Å². The molecule has 0 unspecified atom stereocenters. The first-order valence-corrected chi connectivity index (χ1v) is 16.4. The molecule has 1 atom stereocenters. The van der Waals surface area contributed by atoms with Gasteiger partial charge in [0.2, 0.25) is 0 Å². The van der Waals surface area contributed by atoms with E-state index >= 15 is 0 Å². The minimum absolute atomic E-state index is 0.211. The summed E-state index contributed by atoms with van der Waals surface area (Å²) >= 11 is 0. The highest BCUT2D eigenvalue weighted by Gasteiger charge is 2.62.